The van der Waals surface area contributed by atoms with Gasteiger partial charge in [-0.25, -0.2) is 6.07 Å². The predicted octanol–water partition coefficient (Wildman–Crippen LogP) is 8.61. The smallest absolute Gasteiger partial charge is 0.0533 e. The van der Waals surface area contributed by atoms with Crippen LogP contribution in [-0.4, -0.2) is 12.2 Å². The Bertz CT molecular complexity index is 461. The molecule has 1 aliphatic rings. The SMILES string of the molecule is CC(C)[Si](C)=[Ti+2].Cc1cc[c-](C)c1C.[NH-]C1CCCCCCCCCCC1. The van der Waals surface area contributed by atoms with Crippen LogP contribution in [0.2, 0.25) is 12.1 Å². The van der Waals surface area contributed by atoms with Crippen molar-refractivity contribution in [1.82, 2.24) is 0 Å². The summed E-state index contributed by atoms with van der Waals surface area (Å²) < 4.78 is 0. The molecule has 0 heterocycles. The van der Waals surface area contributed by atoms with Crippen LogP contribution in [0.15, 0.2) is 12.1 Å². The molecule has 1 saturated carbocycles. The molecule has 0 unspecified atom stereocenters. The molecule has 3 heteroatoms. The molecule has 1 fully saturated rings. The van der Waals surface area contributed by atoms with E-state index in [2.05, 4.69) is 72.5 Å². The van der Waals surface area contributed by atoms with Crippen molar-refractivity contribution >= 4 is 6.19 Å². The van der Waals surface area contributed by atoms with E-state index in [1.165, 1.54) is 74.5 Å². The fourth-order valence-electron chi connectivity index (χ4n) is 2.97. The van der Waals surface area contributed by atoms with Gasteiger partial charge in [-0.15, -0.1) is 6.04 Å². The summed E-state index contributed by atoms with van der Waals surface area (Å²) >= 11 is 2.34. The van der Waals surface area contributed by atoms with E-state index in [1.54, 1.807) is 0 Å². The molecule has 1 N–H and O–H groups in total. The molecule has 1 aliphatic carbocycles. The molecular formula is C24H45NSiTi. The molecule has 0 bridgehead atoms. The number of nitrogens with one attached hydrogen (secondary N) is 1. The maximum atomic E-state index is 7.80. The molecule has 154 valence electrons. The van der Waals surface area contributed by atoms with E-state index in [0.29, 0.717) is 0 Å². The quantitative estimate of drug-likeness (QED) is 0.319. The Morgan fingerprint density at radius 2 is 1.33 bits per heavy atom. The fraction of sp³-hybridized carbons (Fsp3) is 0.792. The summed E-state index contributed by atoms with van der Waals surface area (Å²) in [6, 6.07) is 4.56. The van der Waals surface area contributed by atoms with Gasteiger partial charge in [0, 0.05) is 0 Å². The summed E-state index contributed by atoms with van der Waals surface area (Å²) in [7, 11) is 0. The van der Waals surface area contributed by atoms with Gasteiger partial charge in [-0.2, -0.15) is 22.8 Å². The summed E-state index contributed by atoms with van der Waals surface area (Å²) in [5.41, 5.74) is 13.0. The van der Waals surface area contributed by atoms with Gasteiger partial charge in [0.1, 0.15) is 0 Å². The van der Waals surface area contributed by atoms with E-state index in [-0.39, 0.29) is 12.2 Å². The van der Waals surface area contributed by atoms with Crippen molar-refractivity contribution in [3.63, 3.8) is 0 Å². The van der Waals surface area contributed by atoms with Gasteiger partial charge < -0.3 is 5.73 Å². The third-order valence-electron chi connectivity index (χ3n) is 5.74. The summed E-state index contributed by atoms with van der Waals surface area (Å²) in [6.07, 6.45) is 14.8. The molecule has 0 aromatic heterocycles. The molecule has 1 aromatic carbocycles. The minimum atomic E-state index is 0.0484. The van der Waals surface area contributed by atoms with Crippen molar-refractivity contribution < 1.29 is 19.2 Å². The fourth-order valence-corrected chi connectivity index (χ4v) is 2.97. The molecule has 0 amide bonds. The Kier molecular flexibility index (Phi) is 17.3. The van der Waals surface area contributed by atoms with Crippen LogP contribution >= 0.6 is 0 Å². The van der Waals surface area contributed by atoms with Crippen LogP contribution in [-0.2, 0) is 19.2 Å². The van der Waals surface area contributed by atoms with Crippen molar-refractivity contribution in [2.45, 2.75) is 123 Å². The molecule has 1 nitrogen and oxygen atoms in total. The predicted molar refractivity (Wildman–Crippen MR) is 122 cm³/mol. The third-order valence-corrected chi connectivity index (χ3v) is 10.2. The second kappa shape index (κ2) is 17.1. The van der Waals surface area contributed by atoms with Crippen LogP contribution < -0.4 is 0 Å². The Labute approximate surface area is 182 Å². The normalized spacial score (nSPS) is 17.0. The third kappa shape index (κ3) is 15.8. The summed E-state index contributed by atoms with van der Waals surface area (Å²) in [5, 5.41) is 0. The molecule has 27 heavy (non-hydrogen) atoms. The number of hydrogen-bond donors (Lipinski definition) is 0. The number of rotatable bonds is 1. The van der Waals surface area contributed by atoms with Crippen molar-refractivity contribution in [2.24, 2.45) is 0 Å². The first kappa shape index (κ1) is 27.2. The summed E-state index contributed by atoms with van der Waals surface area (Å²) in [6.45, 7) is 13.4. The van der Waals surface area contributed by atoms with Gasteiger partial charge in [0.15, 0.2) is 0 Å². The van der Waals surface area contributed by atoms with Gasteiger partial charge in [-0.3, -0.25) is 0 Å². The molecule has 0 radical (unpaired) electrons. The molecule has 2 rings (SSSR count). The molecule has 0 atom stereocenters. The van der Waals surface area contributed by atoms with Crippen LogP contribution in [0, 0.1) is 20.8 Å². The van der Waals surface area contributed by atoms with Crippen LogP contribution in [0.3, 0.4) is 0 Å². The Balaban J connectivity index is 0.000000413. The van der Waals surface area contributed by atoms with Crippen LogP contribution in [0.1, 0.15) is 101 Å². The van der Waals surface area contributed by atoms with E-state index in [1.807, 2.05) is 0 Å². The Morgan fingerprint density at radius 1 is 0.963 bits per heavy atom. The first-order chi connectivity index (χ1) is 12.8. The summed E-state index contributed by atoms with van der Waals surface area (Å²) in [5.74, 6) is 0. The van der Waals surface area contributed by atoms with Crippen LogP contribution in [0.25, 0.3) is 5.73 Å². The molecule has 0 aliphatic heterocycles. The van der Waals surface area contributed by atoms with Crippen molar-refractivity contribution in [3.05, 3.63) is 34.6 Å². The maximum absolute atomic E-state index is 7.80. The first-order valence-electron chi connectivity index (χ1n) is 11.2. The van der Waals surface area contributed by atoms with E-state index < -0.39 is 0 Å². The molecular weight excluding hydrogens is 378 g/mol. The van der Waals surface area contributed by atoms with Gasteiger partial charge >= 0.3 is 51.3 Å². The van der Waals surface area contributed by atoms with Crippen molar-refractivity contribution in [1.29, 1.82) is 0 Å². The first-order valence-corrected chi connectivity index (χ1v) is 15.6. The Hall–Kier alpha value is 0.241. The van der Waals surface area contributed by atoms with Gasteiger partial charge in [-0.05, 0) is 0 Å². The minimum absolute atomic E-state index is 0.0484. The maximum Gasteiger partial charge on any atom is -0.0533 e. The minimum Gasteiger partial charge on any atom is -0.675 e. The van der Waals surface area contributed by atoms with Crippen molar-refractivity contribution in [3.8, 4) is 0 Å². The standard InChI is InChI=1S/C12H24N.C8H11.C4H10Si.Ti/c13-12-10-8-6-4-2-1-3-5-7-9-11-12;1-6-4-5-7(2)8(6)3;1-4(2)5-3;/h12-13H,1-11H2;4-5H,1-3H3;4H,1-3H3;/q2*-1;;+2. The van der Waals surface area contributed by atoms with Gasteiger partial charge in [0.25, 0.3) is 0 Å². The molecule has 0 spiro atoms. The average molecular weight is 424 g/mol. The number of aryl methyl sites for hydroxylation is 2. The number of hydrogen-bond acceptors (Lipinski definition) is 0. The van der Waals surface area contributed by atoms with Gasteiger partial charge in [0.05, 0.1) is 0 Å². The monoisotopic (exact) mass is 423 g/mol. The van der Waals surface area contributed by atoms with Crippen LogP contribution in [0.5, 0.6) is 0 Å². The average Bonchev–Trinajstić information content (AvgIpc) is 2.90. The second-order valence-electron chi connectivity index (χ2n) is 8.62. The summed E-state index contributed by atoms with van der Waals surface area (Å²) in [4.78, 5) is 0. The van der Waals surface area contributed by atoms with Gasteiger partial charge in [-0.1, -0.05) is 91.4 Å². The van der Waals surface area contributed by atoms with Gasteiger partial charge in [0.2, 0.25) is 0 Å². The molecule has 0 saturated heterocycles. The second-order valence-corrected chi connectivity index (χ2v) is 14.8. The van der Waals surface area contributed by atoms with E-state index >= 15 is 0 Å². The zero-order valence-electron chi connectivity index (χ0n) is 19.1. The molecule has 1 aromatic rings. The zero-order valence-corrected chi connectivity index (χ0v) is 21.6. The van der Waals surface area contributed by atoms with Crippen LogP contribution in [0.4, 0.5) is 0 Å². The van der Waals surface area contributed by atoms with E-state index in [9.17, 15) is 0 Å². The Morgan fingerprint density at radius 3 is 1.56 bits per heavy atom. The van der Waals surface area contributed by atoms with E-state index in [0.717, 1.165) is 18.4 Å². The zero-order chi connectivity index (χ0) is 20.7. The van der Waals surface area contributed by atoms with E-state index in [4.69, 9.17) is 5.73 Å². The van der Waals surface area contributed by atoms with Crippen molar-refractivity contribution in [2.75, 3.05) is 0 Å². The topological polar surface area (TPSA) is 23.8 Å². The largest absolute Gasteiger partial charge is 0.675 e.